The summed E-state index contributed by atoms with van der Waals surface area (Å²) in [6.45, 7) is 8.10. The summed E-state index contributed by atoms with van der Waals surface area (Å²) in [6, 6.07) is 3.64. The lowest BCUT2D eigenvalue weighted by atomic mass is 9.77. The van der Waals surface area contributed by atoms with Gasteiger partial charge in [-0.05, 0) is 39.3 Å². The van der Waals surface area contributed by atoms with Crippen molar-refractivity contribution >= 4 is 18.6 Å². The first-order valence-electron chi connectivity index (χ1n) is 7.58. The SMILES string of the molecule is COC(=O)Cc1cc2c(c(B3OC(C)(C)C(C)(C)O3)c1)OCO2. The third kappa shape index (κ3) is 2.79. The number of carbonyl (C=O) groups excluding carboxylic acids is 1. The maximum atomic E-state index is 11.6. The molecule has 0 aromatic heterocycles. The van der Waals surface area contributed by atoms with Crippen molar-refractivity contribution < 1.29 is 28.3 Å². The summed E-state index contributed by atoms with van der Waals surface area (Å²) < 4.78 is 27.9. The third-order valence-corrected chi connectivity index (χ3v) is 4.64. The highest BCUT2D eigenvalue weighted by molar-refractivity contribution is 6.63. The predicted molar refractivity (Wildman–Crippen MR) is 84.0 cm³/mol. The van der Waals surface area contributed by atoms with E-state index < -0.39 is 18.3 Å². The maximum absolute atomic E-state index is 11.6. The van der Waals surface area contributed by atoms with E-state index in [0.717, 1.165) is 11.0 Å². The molecule has 23 heavy (non-hydrogen) atoms. The lowest BCUT2D eigenvalue weighted by Crippen LogP contribution is -2.41. The largest absolute Gasteiger partial charge is 0.498 e. The predicted octanol–water partition coefficient (Wildman–Crippen LogP) is 1.43. The standard InChI is InChI=1S/C16H21BO6/c1-15(2)16(3,4)23-17(22-15)11-6-10(8-13(18)19-5)7-12-14(11)21-9-20-12/h6-7H,8-9H2,1-5H3. The number of fused-ring (bicyclic) bond motifs is 1. The molecule has 0 amide bonds. The van der Waals surface area contributed by atoms with E-state index in [1.165, 1.54) is 7.11 Å². The summed E-state index contributed by atoms with van der Waals surface area (Å²) in [6.07, 6.45) is 0.152. The van der Waals surface area contributed by atoms with E-state index in [1.54, 1.807) is 6.07 Å². The summed E-state index contributed by atoms with van der Waals surface area (Å²) in [4.78, 5) is 11.6. The van der Waals surface area contributed by atoms with E-state index in [0.29, 0.717) is 11.5 Å². The molecule has 1 saturated heterocycles. The van der Waals surface area contributed by atoms with E-state index >= 15 is 0 Å². The van der Waals surface area contributed by atoms with Crippen LogP contribution in [0.1, 0.15) is 33.3 Å². The van der Waals surface area contributed by atoms with Crippen molar-refractivity contribution in [2.75, 3.05) is 13.9 Å². The van der Waals surface area contributed by atoms with Gasteiger partial charge in [-0.25, -0.2) is 0 Å². The number of benzene rings is 1. The molecule has 0 atom stereocenters. The highest BCUT2D eigenvalue weighted by atomic mass is 16.7. The number of esters is 1. The van der Waals surface area contributed by atoms with Crippen LogP contribution in [0.3, 0.4) is 0 Å². The molecule has 0 bridgehead atoms. The number of hydrogen-bond acceptors (Lipinski definition) is 6. The van der Waals surface area contributed by atoms with Gasteiger partial charge in [0, 0.05) is 5.46 Å². The molecule has 6 nitrogen and oxygen atoms in total. The third-order valence-electron chi connectivity index (χ3n) is 4.64. The molecule has 0 aliphatic carbocycles. The fourth-order valence-corrected chi connectivity index (χ4v) is 2.58. The van der Waals surface area contributed by atoms with Gasteiger partial charge >= 0.3 is 13.1 Å². The molecule has 0 N–H and O–H groups in total. The van der Waals surface area contributed by atoms with Crippen LogP contribution in [0.2, 0.25) is 0 Å². The van der Waals surface area contributed by atoms with Gasteiger partial charge in [0.2, 0.25) is 6.79 Å². The minimum atomic E-state index is -0.576. The smallest absolute Gasteiger partial charge is 0.469 e. The number of carbonyl (C=O) groups is 1. The van der Waals surface area contributed by atoms with Crippen LogP contribution in [0.5, 0.6) is 11.5 Å². The second kappa shape index (κ2) is 5.42. The zero-order valence-electron chi connectivity index (χ0n) is 14.1. The highest BCUT2D eigenvalue weighted by Gasteiger charge is 2.53. The molecule has 2 heterocycles. The molecule has 2 aliphatic rings. The summed E-state index contributed by atoms with van der Waals surface area (Å²) in [5.41, 5.74) is 0.591. The Balaban J connectivity index is 1.97. The maximum Gasteiger partial charge on any atom is 0.498 e. The average Bonchev–Trinajstić information content (AvgIpc) is 3.00. The van der Waals surface area contributed by atoms with Gasteiger partial charge in [0.25, 0.3) is 0 Å². The van der Waals surface area contributed by atoms with Crippen molar-refractivity contribution in [1.82, 2.24) is 0 Å². The fraction of sp³-hybridized carbons (Fsp3) is 0.562. The van der Waals surface area contributed by atoms with Crippen molar-refractivity contribution in [2.45, 2.75) is 45.3 Å². The van der Waals surface area contributed by atoms with Gasteiger partial charge in [-0.3, -0.25) is 4.79 Å². The Morgan fingerprint density at radius 2 is 1.83 bits per heavy atom. The van der Waals surface area contributed by atoms with Gasteiger partial charge in [0.05, 0.1) is 24.7 Å². The molecule has 1 fully saturated rings. The highest BCUT2D eigenvalue weighted by Crippen LogP contribution is 2.39. The summed E-state index contributed by atoms with van der Waals surface area (Å²) in [7, 11) is 0.790. The van der Waals surface area contributed by atoms with E-state index in [4.69, 9.17) is 23.5 Å². The molecule has 3 rings (SSSR count). The van der Waals surface area contributed by atoms with Crippen molar-refractivity contribution in [2.24, 2.45) is 0 Å². The molecular formula is C16H21BO6. The van der Waals surface area contributed by atoms with Crippen molar-refractivity contribution in [3.8, 4) is 11.5 Å². The quantitative estimate of drug-likeness (QED) is 0.620. The number of ether oxygens (including phenoxy) is 3. The lowest BCUT2D eigenvalue weighted by molar-refractivity contribution is -0.139. The van der Waals surface area contributed by atoms with Crippen LogP contribution in [0.15, 0.2) is 12.1 Å². The van der Waals surface area contributed by atoms with Crippen molar-refractivity contribution in [3.05, 3.63) is 17.7 Å². The Morgan fingerprint density at radius 3 is 2.43 bits per heavy atom. The number of methoxy groups -OCH3 is 1. The second-order valence-corrected chi connectivity index (χ2v) is 6.76. The summed E-state index contributed by atoms with van der Waals surface area (Å²) in [5, 5.41) is 0. The number of hydrogen-bond donors (Lipinski definition) is 0. The Bertz CT molecular complexity index is 624. The Morgan fingerprint density at radius 1 is 1.17 bits per heavy atom. The first kappa shape index (κ1) is 16.1. The minimum Gasteiger partial charge on any atom is -0.469 e. The monoisotopic (exact) mass is 320 g/mol. The molecule has 124 valence electrons. The van der Waals surface area contributed by atoms with E-state index in [-0.39, 0.29) is 19.2 Å². The summed E-state index contributed by atoms with van der Waals surface area (Å²) in [5.74, 6) is 0.886. The van der Waals surface area contributed by atoms with Crippen LogP contribution in [0, 0.1) is 0 Å². The number of rotatable bonds is 3. The molecule has 7 heteroatoms. The minimum absolute atomic E-state index is 0.142. The van der Waals surface area contributed by atoms with Crippen LogP contribution >= 0.6 is 0 Å². The van der Waals surface area contributed by atoms with E-state index in [2.05, 4.69) is 0 Å². The molecule has 2 aliphatic heterocycles. The van der Waals surface area contributed by atoms with Gasteiger partial charge in [0.15, 0.2) is 11.5 Å². The normalized spacial score (nSPS) is 20.7. The van der Waals surface area contributed by atoms with E-state index in [9.17, 15) is 4.79 Å². The van der Waals surface area contributed by atoms with Gasteiger partial charge in [0.1, 0.15) is 0 Å². The second-order valence-electron chi connectivity index (χ2n) is 6.76. The molecule has 0 spiro atoms. The van der Waals surface area contributed by atoms with Crippen LogP contribution in [-0.2, 0) is 25.3 Å². The molecule has 1 aromatic carbocycles. The first-order chi connectivity index (χ1) is 10.7. The van der Waals surface area contributed by atoms with Crippen LogP contribution in [0.25, 0.3) is 0 Å². The van der Waals surface area contributed by atoms with Crippen LogP contribution in [-0.4, -0.2) is 38.2 Å². The average molecular weight is 320 g/mol. The molecule has 0 unspecified atom stereocenters. The Kier molecular flexibility index (Phi) is 3.81. The topological polar surface area (TPSA) is 63.2 Å². The van der Waals surface area contributed by atoms with Crippen molar-refractivity contribution in [1.29, 1.82) is 0 Å². The van der Waals surface area contributed by atoms with Gasteiger partial charge < -0.3 is 23.5 Å². The molecule has 0 radical (unpaired) electrons. The van der Waals surface area contributed by atoms with Gasteiger partial charge in [-0.15, -0.1) is 0 Å². The van der Waals surface area contributed by atoms with Crippen molar-refractivity contribution in [3.63, 3.8) is 0 Å². The Labute approximate surface area is 136 Å². The molecular weight excluding hydrogens is 299 g/mol. The fourth-order valence-electron chi connectivity index (χ4n) is 2.58. The van der Waals surface area contributed by atoms with Gasteiger partial charge in [-0.2, -0.15) is 0 Å². The molecule has 0 saturated carbocycles. The van der Waals surface area contributed by atoms with Crippen LogP contribution in [0.4, 0.5) is 0 Å². The first-order valence-corrected chi connectivity index (χ1v) is 7.58. The van der Waals surface area contributed by atoms with E-state index in [1.807, 2.05) is 33.8 Å². The van der Waals surface area contributed by atoms with Gasteiger partial charge in [-0.1, -0.05) is 6.07 Å². The zero-order valence-corrected chi connectivity index (χ0v) is 14.1. The Hall–Kier alpha value is -1.73. The summed E-state index contributed by atoms with van der Waals surface area (Å²) >= 11 is 0. The van der Waals surface area contributed by atoms with Crippen LogP contribution < -0.4 is 14.9 Å². The lowest BCUT2D eigenvalue weighted by Gasteiger charge is -2.32. The molecule has 1 aromatic rings. The zero-order chi connectivity index (χ0) is 16.8.